The van der Waals surface area contributed by atoms with E-state index in [1.807, 2.05) is 19.1 Å². The molecule has 1 saturated heterocycles. The third-order valence-electron chi connectivity index (χ3n) is 5.28. The van der Waals surface area contributed by atoms with Crippen molar-refractivity contribution in [1.29, 1.82) is 0 Å². The fourth-order valence-electron chi connectivity index (χ4n) is 3.73. The first-order chi connectivity index (χ1) is 14.5. The van der Waals surface area contributed by atoms with E-state index in [0.717, 1.165) is 56.2 Å². The number of aromatic nitrogens is 1. The summed E-state index contributed by atoms with van der Waals surface area (Å²) in [6.07, 6.45) is 5.21. The number of nitrogens with zero attached hydrogens (tertiary/aromatic N) is 5. The van der Waals surface area contributed by atoms with E-state index in [-0.39, 0.29) is 6.04 Å². The molecule has 1 aliphatic heterocycles. The smallest absolute Gasteiger partial charge is 0.163 e. The third kappa shape index (κ3) is 5.00. The number of hydrogen-bond donors (Lipinski definition) is 2. The van der Waals surface area contributed by atoms with Gasteiger partial charge in [-0.15, -0.1) is 0 Å². The zero-order valence-corrected chi connectivity index (χ0v) is 18.9. The number of hydrazone groups is 1. The number of nitrogens with two attached hydrogens (primary N) is 2. The Morgan fingerprint density at radius 2 is 1.90 bits per heavy atom. The number of furan rings is 1. The van der Waals surface area contributed by atoms with Crippen molar-refractivity contribution in [3.05, 3.63) is 46.1 Å². The average Bonchev–Trinajstić information content (AvgIpc) is 3.16. The van der Waals surface area contributed by atoms with Gasteiger partial charge in [-0.1, -0.05) is 36.5 Å². The highest BCUT2D eigenvalue weighted by Crippen LogP contribution is 2.34. The van der Waals surface area contributed by atoms with Gasteiger partial charge in [0.1, 0.15) is 17.6 Å². The predicted octanol–water partition coefficient (Wildman–Crippen LogP) is 3.40. The first-order valence-electron chi connectivity index (χ1n) is 10.1. The molecule has 3 rings (SSSR count). The van der Waals surface area contributed by atoms with E-state index in [4.69, 9.17) is 39.3 Å². The summed E-state index contributed by atoms with van der Waals surface area (Å²) in [5, 5.41) is 6.79. The fraction of sp³-hybridized carbons (Fsp3) is 0.500. The van der Waals surface area contributed by atoms with Gasteiger partial charge < -0.3 is 15.2 Å². The van der Waals surface area contributed by atoms with Gasteiger partial charge in [0.25, 0.3) is 0 Å². The van der Waals surface area contributed by atoms with Crippen molar-refractivity contribution >= 4 is 34.7 Å². The maximum absolute atomic E-state index is 6.35. The van der Waals surface area contributed by atoms with E-state index >= 15 is 0 Å². The Kier molecular flexibility index (Phi) is 7.82. The van der Waals surface area contributed by atoms with Gasteiger partial charge in [-0.2, -0.15) is 5.10 Å². The van der Waals surface area contributed by atoms with E-state index in [1.165, 1.54) is 0 Å². The maximum atomic E-state index is 6.35. The molecule has 0 spiro atoms. The van der Waals surface area contributed by atoms with Crippen LogP contribution >= 0.6 is 23.2 Å². The lowest BCUT2D eigenvalue weighted by Crippen LogP contribution is -2.53. The summed E-state index contributed by atoms with van der Waals surface area (Å²) >= 11 is 12.7. The first-order valence-corrected chi connectivity index (χ1v) is 10.9. The van der Waals surface area contributed by atoms with Gasteiger partial charge in [-0.3, -0.25) is 14.9 Å². The number of unbranched alkanes of at least 4 members (excludes halogenated alkanes) is 1. The van der Waals surface area contributed by atoms with Crippen molar-refractivity contribution in [1.82, 2.24) is 14.9 Å². The quantitative estimate of drug-likeness (QED) is 0.286. The molecule has 0 saturated carbocycles. The normalized spacial score (nSPS) is 16.7. The molecule has 3 heterocycles. The number of hydrazine groups is 1. The first kappa shape index (κ1) is 22.7. The van der Waals surface area contributed by atoms with Crippen LogP contribution in [-0.4, -0.2) is 53.5 Å². The lowest BCUT2D eigenvalue weighted by molar-refractivity contribution is 0.194. The summed E-state index contributed by atoms with van der Waals surface area (Å²) in [4.78, 5) is 8.48. The van der Waals surface area contributed by atoms with Gasteiger partial charge in [0, 0.05) is 45.1 Å². The van der Waals surface area contributed by atoms with E-state index in [9.17, 15) is 0 Å². The van der Waals surface area contributed by atoms with E-state index in [0.29, 0.717) is 22.4 Å². The standard InChI is InChI=1S/C20H29Cl2N7O/c1-3-4-7-29(24)20(26-23)19(17-6-5-14(2)30-17)28-10-8-27(9-11-28)18-15(21)12-25-13-16(18)22/h5-6,12-13,19H,3-4,7-11,23-24H2,1-2H3/b26-20-. The topological polar surface area (TPSA) is 100 Å². The maximum Gasteiger partial charge on any atom is 0.163 e. The van der Waals surface area contributed by atoms with Crippen molar-refractivity contribution < 1.29 is 4.42 Å². The molecule has 0 radical (unpaired) electrons. The van der Waals surface area contributed by atoms with Crippen molar-refractivity contribution in [2.75, 3.05) is 37.6 Å². The molecule has 1 unspecified atom stereocenters. The van der Waals surface area contributed by atoms with Crippen LogP contribution in [0.4, 0.5) is 5.69 Å². The van der Waals surface area contributed by atoms with Crippen molar-refractivity contribution in [2.24, 2.45) is 16.8 Å². The second-order valence-electron chi connectivity index (χ2n) is 7.36. The number of halogens is 2. The Labute approximate surface area is 187 Å². The van der Waals surface area contributed by atoms with Gasteiger partial charge in [0.15, 0.2) is 5.84 Å². The highest BCUT2D eigenvalue weighted by molar-refractivity contribution is 6.38. The third-order valence-corrected chi connectivity index (χ3v) is 5.83. The summed E-state index contributed by atoms with van der Waals surface area (Å²) in [5.41, 5.74) is 0.814. The summed E-state index contributed by atoms with van der Waals surface area (Å²) in [5.74, 6) is 14.3. The Balaban J connectivity index is 1.82. The lowest BCUT2D eigenvalue weighted by Gasteiger charge is -2.41. The fourth-order valence-corrected chi connectivity index (χ4v) is 4.33. The molecule has 10 heteroatoms. The summed E-state index contributed by atoms with van der Waals surface area (Å²) in [6, 6.07) is 3.63. The minimum Gasteiger partial charge on any atom is -0.464 e. The van der Waals surface area contributed by atoms with Crippen LogP contribution < -0.4 is 16.6 Å². The highest BCUT2D eigenvalue weighted by Gasteiger charge is 2.34. The molecule has 2 aromatic heterocycles. The zero-order valence-electron chi connectivity index (χ0n) is 17.4. The highest BCUT2D eigenvalue weighted by atomic mass is 35.5. The van der Waals surface area contributed by atoms with E-state index in [2.05, 4.69) is 26.8 Å². The zero-order chi connectivity index (χ0) is 21.7. The number of hydrogen-bond acceptors (Lipinski definition) is 7. The summed E-state index contributed by atoms with van der Waals surface area (Å²) in [7, 11) is 0. The van der Waals surface area contributed by atoms with Crippen LogP contribution in [0.3, 0.4) is 0 Å². The molecule has 1 fully saturated rings. The average molecular weight is 454 g/mol. The molecular formula is C20H29Cl2N7O. The molecule has 0 aliphatic carbocycles. The molecule has 1 aliphatic rings. The van der Waals surface area contributed by atoms with Gasteiger partial charge in [0.2, 0.25) is 0 Å². The van der Waals surface area contributed by atoms with Gasteiger partial charge in [0.05, 0.1) is 15.7 Å². The van der Waals surface area contributed by atoms with Crippen LogP contribution in [0.15, 0.2) is 34.0 Å². The number of amidine groups is 1. The van der Waals surface area contributed by atoms with Crippen LogP contribution in [0.1, 0.15) is 37.3 Å². The predicted molar refractivity (Wildman–Crippen MR) is 122 cm³/mol. The molecule has 0 aromatic carbocycles. The lowest BCUT2D eigenvalue weighted by atomic mass is 10.1. The van der Waals surface area contributed by atoms with E-state index in [1.54, 1.807) is 17.4 Å². The SMILES string of the molecule is CCCCN(N)/C(=N\N)C(c1ccc(C)o1)N1CCN(c2c(Cl)cncc2Cl)CC1. The Hall–Kier alpha value is -2.00. The van der Waals surface area contributed by atoms with Gasteiger partial charge in [-0.05, 0) is 25.5 Å². The monoisotopic (exact) mass is 453 g/mol. The summed E-state index contributed by atoms with van der Waals surface area (Å²) in [6.45, 7) is 7.65. The Morgan fingerprint density at radius 3 is 2.43 bits per heavy atom. The molecular weight excluding hydrogens is 425 g/mol. The van der Waals surface area contributed by atoms with Crippen LogP contribution in [0.5, 0.6) is 0 Å². The second kappa shape index (κ2) is 10.3. The number of pyridine rings is 1. The van der Waals surface area contributed by atoms with Gasteiger partial charge in [-0.25, -0.2) is 5.84 Å². The molecule has 4 N–H and O–H groups in total. The van der Waals surface area contributed by atoms with Crippen molar-refractivity contribution in [3.63, 3.8) is 0 Å². The molecule has 2 aromatic rings. The molecule has 30 heavy (non-hydrogen) atoms. The molecule has 1 atom stereocenters. The van der Waals surface area contributed by atoms with Crippen molar-refractivity contribution in [3.8, 4) is 0 Å². The number of piperazine rings is 1. The van der Waals surface area contributed by atoms with Crippen LogP contribution in [0, 0.1) is 6.92 Å². The van der Waals surface area contributed by atoms with Crippen LogP contribution in [-0.2, 0) is 0 Å². The largest absolute Gasteiger partial charge is 0.464 e. The molecule has 8 nitrogen and oxygen atoms in total. The Morgan fingerprint density at radius 1 is 1.23 bits per heavy atom. The van der Waals surface area contributed by atoms with Crippen LogP contribution in [0.25, 0.3) is 0 Å². The molecule has 164 valence electrons. The summed E-state index contributed by atoms with van der Waals surface area (Å²) < 4.78 is 5.96. The molecule has 0 amide bonds. The second-order valence-corrected chi connectivity index (χ2v) is 8.17. The number of rotatable bonds is 7. The number of aryl methyl sites for hydroxylation is 1. The van der Waals surface area contributed by atoms with Gasteiger partial charge >= 0.3 is 0 Å². The van der Waals surface area contributed by atoms with Crippen LogP contribution in [0.2, 0.25) is 10.0 Å². The Bertz CT molecular complexity index is 844. The minimum absolute atomic E-state index is 0.268. The number of anilines is 1. The molecule has 0 bridgehead atoms. The van der Waals surface area contributed by atoms with Crippen molar-refractivity contribution in [2.45, 2.75) is 32.7 Å². The van der Waals surface area contributed by atoms with E-state index < -0.39 is 0 Å². The minimum atomic E-state index is -0.268.